The summed E-state index contributed by atoms with van der Waals surface area (Å²) < 4.78 is 37.8. The molecule has 2 aromatic carbocycles. The molecule has 0 amide bonds. The van der Waals surface area contributed by atoms with Crippen LogP contribution in [0.4, 0.5) is 18.9 Å². The number of non-ortho nitro benzene ring substituents is 1. The van der Waals surface area contributed by atoms with Crippen LogP contribution in [0.3, 0.4) is 0 Å². The number of carbonyl (C=O) groups excluding carboxylic acids is 1. The van der Waals surface area contributed by atoms with Crippen LogP contribution < -0.4 is 0 Å². The fourth-order valence-corrected chi connectivity index (χ4v) is 1.86. The van der Waals surface area contributed by atoms with Crippen molar-refractivity contribution in [1.82, 2.24) is 0 Å². The van der Waals surface area contributed by atoms with Gasteiger partial charge in [0.2, 0.25) is 0 Å². The van der Waals surface area contributed by atoms with Crippen molar-refractivity contribution in [2.24, 2.45) is 0 Å². The number of aldehydes is 1. The lowest BCUT2D eigenvalue weighted by molar-refractivity contribution is -0.384. The Bertz CT molecular complexity index is 694. The molecule has 21 heavy (non-hydrogen) atoms. The number of carbonyl (C=O) groups is 1. The summed E-state index contributed by atoms with van der Waals surface area (Å²) in [7, 11) is 0. The van der Waals surface area contributed by atoms with E-state index >= 15 is 0 Å². The number of hydrogen-bond acceptors (Lipinski definition) is 3. The largest absolute Gasteiger partial charge is 0.416 e. The molecule has 0 saturated carbocycles. The Hall–Kier alpha value is -2.70. The van der Waals surface area contributed by atoms with Crippen molar-refractivity contribution in [2.45, 2.75) is 6.18 Å². The second kappa shape index (κ2) is 5.35. The molecule has 108 valence electrons. The number of nitro groups is 1. The van der Waals surface area contributed by atoms with E-state index in [-0.39, 0.29) is 16.8 Å². The lowest BCUT2D eigenvalue weighted by atomic mass is 9.98. The number of alkyl halides is 3. The fourth-order valence-electron chi connectivity index (χ4n) is 1.86. The molecule has 0 heterocycles. The Kier molecular flexibility index (Phi) is 3.75. The first kappa shape index (κ1) is 14.7. The number of nitrogens with zero attached hydrogens (tertiary/aromatic N) is 1. The van der Waals surface area contributed by atoms with E-state index in [0.29, 0.717) is 11.8 Å². The van der Waals surface area contributed by atoms with Crippen molar-refractivity contribution >= 4 is 12.0 Å². The highest BCUT2D eigenvalue weighted by molar-refractivity contribution is 5.88. The Morgan fingerprint density at radius 3 is 2.14 bits per heavy atom. The molecule has 0 atom stereocenters. The minimum atomic E-state index is -4.54. The first-order valence-corrected chi connectivity index (χ1v) is 5.74. The van der Waals surface area contributed by atoms with Crippen LogP contribution in [0.25, 0.3) is 11.1 Å². The SMILES string of the molecule is O=Cc1cc(C(F)(F)F)ccc1-c1ccc([N+](=O)[O-])cc1. The number of rotatable bonds is 3. The highest BCUT2D eigenvalue weighted by atomic mass is 19.4. The highest BCUT2D eigenvalue weighted by Crippen LogP contribution is 2.33. The van der Waals surface area contributed by atoms with E-state index in [1.807, 2.05) is 0 Å². The minimum Gasteiger partial charge on any atom is -0.298 e. The normalized spacial score (nSPS) is 11.2. The maximum absolute atomic E-state index is 12.6. The molecular weight excluding hydrogens is 287 g/mol. The molecule has 2 aromatic rings. The molecule has 2 rings (SSSR count). The van der Waals surface area contributed by atoms with Crippen LogP contribution in [0, 0.1) is 10.1 Å². The van der Waals surface area contributed by atoms with Gasteiger partial charge in [-0.05, 0) is 35.4 Å². The summed E-state index contributed by atoms with van der Waals surface area (Å²) in [4.78, 5) is 20.9. The van der Waals surface area contributed by atoms with Crippen LogP contribution in [0.1, 0.15) is 15.9 Å². The zero-order valence-electron chi connectivity index (χ0n) is 10.4. The minimum absolute atomic E-state index is 0.126. The predicted molar refractivity (Wildman–Crippen MR) is 68.9 cm³/mol. The van der Waals surface area contributed by atoms with Gasteiger partial charge >= 0.3 is 6.18 Å². The summed E-state index contributed by atoms with van der Waals surface area (Å²) in [5.41, 5.74) is -0.475. The predicted octanol–water partition coefficient (Wildman–Crippen LogP) is 4.09. The van der Waals surface area contributed by atoms with E-state index in [2.05, 4.69) is 0 Å². The van der Waals surface area contributed by atoms with Crippen LogP contribution in [0.15, 0.2) is 42.5 Å². The Labute approximate surface area is 117 Å². The van der Waals surface area contributed by atoms with E-state index in [1.54, 1.807) is 0 Å². The third-order valence-corrected chi connectivity index (χ3v) is 2.89. The van der Waals surface area contributed by atoms with E-state index in [9.17, 15) is 28.1 Å². The zero-order chi connectivity index (χ0) is 15.6. The standard InChI is InChI=1S/C14H8F3NO3/c15-14(16,17)11-3-6-13(10(7-11)8-19)9-1-4-12(5-2-9)18(20)21/h1-8H. The Morgan fingerprint density at radius 2 is 1.67 bits per heavy atom. The van der Waals surface area contributed by atoms with Gasteiger partial charge in [-0.3, -0.25) is 14.9 Å². The summed E-state index contributed by atoms with van der Waals surface area (Å²) in [6.45, 7) is 0. The first-order valence-electron chi connectivity index (χ1n) is 5.74. The molecule has 0 unspecified atom stereocenters. The summed E-state index contributed by atoms with van der Waals surface area (Å²) in [5.74, 6) is 0. The Balaban J connectivity index is 2.48. The number of benzene rings is 2. The molecule has 0 N–H and O–H groups in total. The van der Waals surface area contributed by atoms with Gasteiger partial charge in [-0.15, -0.1) is 0 Å². The summed E-state index contributed by atoms with van der Waals surface area (Å²) >= 11 is 0. The second-order valence-electron chi connectivity index (χ2n) is 4.22. The van der Waals surface area contributed by atoms with Crippen LogP contribution in [0.2, 0.25) is 0 Å². The summed E-state index contributed by atoms with van der Waals surface area (Å²) in [6, 6.07) is 8.01. The molecule has 0 bridgehead atoms. The molecule has 0 fully saturated rings. The van der Waals surface area contributed by atoms with Gasteiger partial charge in [-0.25, -0.2) is 0 Å². The van der Waals surface area contributed by atoms with E-state index in [0.717, 1.165) is 12.1 Å². The summed E-state index contributed by atoms with van der Waals surface area (Å²) in [6.07, 6.45) is -4.21. The van der Waals surface area contributed by atoms with Gasteiger partial charge in [0.05, 0.1) is 10.5 Å². The Morgan fingerprint density at radius 1 is 1.05 bits per heavy atom. The van der Waals surface area contributed by atoms with Crippen LogP contribution in [-0.4, -0.2) is 11.2 Å². The van der Waals surface area contributed by atoms with E-state index in [1.165, 1.54) is 30.3 Å². The van der Waals surface area contributed by atoms with Gasteiger partial charge in [0.1, 0.15) is 0 Å². The molecule has 0 saturated heterocycles. The van der Waals surface area contributed by atoms with Crippen molar-refractivity contribution < 1.29 is 22.9 Å². The van der Waals surface area contributed by atoms with Crippen LogP contribution in [-0.2, 0) is 6.18 Å². The smallest absolute Gasteiger partial charge is 0.298 e. The van der Waals surface area contributed by atoms with Crippen molar-refractivity contribution in [3.63, 3.8) is 0 Å². The first-order chi connectivity index (χ1) is 9.82. The van der Waals surface area contributed by atoms with Crippen molar-refractivity contribution in [3.05, 3.63) is 63.7 Å². The monoisotopic (exact) mass is 295 g/mol. The average Bonchev–Trinajstić information content (AvgIpc) is 2.45. The fraction of sp³-hybridized carbons (Fsp3) is 0.0714. The third-order valence-electron chi connectivity index (χ3n) is 2.89. The second-order valence-corrected chi connectivity index (χ2v) is 4.22. The lowest BCUT2D eigenvalue weighted by Crippen LogP contribution is -2.05. The van der Waals surface area contributed by atoms with Gasteiger partial charge in [-0.1, -0.05) is 6.07 Å². The summed E-state index contributed by atoms with van der Waals surface area (Å²) in [5, 5.41) is 10.6. The van der Waals surface area contributed by atoms with Gasteiger partial charge in [-0.2, -0.15) is 13.2 Å². The number of hydrogen-bond donors (Lipinski definition) is 0. The topological polar surface area (TPSA) is 60.2 Å². The molecule has 4 nitrogen and oxygen atoms in total. The number of halogens is 3. The molecule has 0 radical (unpaired) electrons. The molecular formula is C14H8F3NO3. The molecule has 7 heteroatoms. The third kappa shape index (κ3) is 3.07. The number of nitro benzene ring substituents is 1. The van der Waals surface area contributed by atoms with E-state index < -0.39 is 16.7 Å². The quantitative estimate of drug-likeness (QED) is 0.486. The van der Waals surface area contributed by atoms with Gasteiger partial charge in [0.25, 0.3) is 5.69 Å². The van der Waals surface area contributed by atoms with Crippen molar-refractivity contribution in [2.75, 3.05) is 0 Å². The van der Waals surface area contributed by atoms with E-state index in [4.69, 9.17) is 0 Å². The maximum atomic E-state index is 12.6. The molecule has 0 spiro atoms. The van der Waals surface area contributed by atoms with Crippen molar-refractivity contribution in [1.29, 1.82) is 0 Å². The molecule has 0 aromatic heterocycles. The molecule has 0 aliphatic heterocycles. The van der Waals surface area contributed by atoms with Gasteiger partial charge < -0.3 is 0 Å². The maximum Gasteiger partial charge on any atom is 0.416 e. The lowest BCUT2D eigenvalue weighted by Gasteiger charge is -2.10. The van der Waals surface area contributed by atoms with Gasteiger partial charge in [0, 0.05) is 17.7 Å². The molecule has 0 aliphatic carbocycles. The molecule has 0 aliphatic rings. The van der Waals surface area contributed by atoms with Crippen LogP contribution in [0.5, 0.6) is 0 Å². The average molecular weight is 295 g/mol. The zero-order valence-corrected chi connectivity index (χ0v) is 10.4. The highest BCUT2D eigenvalue weighted by Gasteiger charge is 2.31. The van der Waals surface area contributed by atoms with Gasteiger partial charge in [0.15, 0.2) is 6.29 Å². The van der Waals surface area contributed by atoms with Crippen LogP contribution >= 0.6 is 0 Å². The van der Waals surface area contributed by atoms with Crippen molar-refractivity contribution in [3.8, 4) is 11.1 Å².